The van der Waals surface area contributed by atoms with E-state index in [2.05, 4.69) is 5.32 Å². The van der Waals surface area contributed by atoms with E-state index in [0.717, 1.165) is 0 Å². The fourth-order valence-electron chi connectivity index (χ4n) is 1.71. The van der Waals surface area contributed by atoms with E-state index in [1.807, 2.05) is 0 Å². The lowest BCUT2D eigenvalue weighted by Gasteiger charge is -2.14. The summed E-state index contributed by atoms with van der Waals surface area (Å²) in [4.78, 5) is 11.1. The Morgan fingerprint density at radius 1 is 1.30 bits per heavy atom. The van der Waals surface area contributed by atoms with Crippen LogP contribution in [0.5, 0.6) is 0 Å². The Kier molecular flexibility index (Phi) is 6.30. The largest absolute Gasteiger partial charge is 0.359 e. The van der Waals surface area contributed by atoms with Gasteiger partial charge in [-0.2, -0.15) is 0 Å². The van der Waals surface area contributed by atoms with Crippen molar-refractivity contribution in [3.63, 3.8) is 0 Å². The first-order valence-electron chi connectivity index (χ1n) is 6.15. The van der Waals surface area contributed by atoms with Gasteiger partial charge in [-0.25, -0.2) is 8.42 Å². The molecule has 1 N–H and O–H groups in total. The Bertz CT molecular complexity index is 587. The second-order valence-corrected chi connectivity index (χ2v) is 7.71. The Morgan fingerprint density at radius 3 is 2.50 bits per heavy atom. The van der Waals surface area contributed by atoms with Gasteiger partial charge >= 0.3 is 0 Å². The lowest BCUT2D eigenvalue weighted by molar-refractivity contribution is -0.120. The van der Waals surface area contributed by atoms with Crippen LogP contribution in [-0.2, 0) is 14.6 Å². The standard InChI is InChI=1S/C13H17Cl2NO3S/c1-9(10-5-6-11(14)12(15)8-10)20(18,19)7-3-4-13(17)16-2/h5-6,8-9H,3-4,7H2,1-2H3,(H,16,17)/t9-/m0/s1. The molecule has 0 heterocycles. The van der Waals surface area contributed by atoms with Crippen molar-refractivity contribution in [2.45, 2.75) is 25.0 Å². The molecule has 0 unspecified atom stereocenters. The molecule has 0 bridgehead atoms. The topological polar surface area (TPSA) is 63.2 Å². The molecule has 1 aromatic rings. The summed E-state index contributed by atoms with van der Waals surface area (Å²) >= 11 is 11.7. The molecule has 112 valence electrons. The number of amides is 1. The third-order valence-corrected chi connectivity index (χ3v) is 6.01. The van der Waals surface area contributed by atoms with Gasteiger partial charge in [0.15, 0.2) is 9.84 Å². The maximum absolute atomic E-state index is 12.2. The van der Waals surface area contributed by atoms with Gasteiger partial charge in [0, 0.05) is 13.5 Å². The van der Waals surface area contributed by atoms with Crippen LogP contribution in [0.1, 0.15) is 30.6 Å². The van der Waals surface area contributed by atoms with Gasteiger partial charge < -0.3 is 5.32 Å². The minimum absolute atomic E-state index is 0.0398. The van der Waals surface area contributed by atoms with Gasteiger partial charge in [0.05, 0.1) is 21.0 Å². The minimum atomic E-state index is -3.33. The van der Waals surface area contributed by atoms with Crippen LogP contribution in [0.2, 0.25) is 10.0 Å². The number of carbonyl (C=O) groups excluding carboxylic acids is 1. The highest BCUT2D eigenvalue weighted by Crippen LogP contribution is 2.29. The Labute approximate surface area is 129 Å². The van der Waals surface area contributed by atoms with E-state index < -0.39 is 15.1 Å². The van der Waals surface area contributed by atoms with Crippen LogP contribution in [0.3, 0.4) is 0 Å². The molecule has 1 atom stereocenters. The Balaban J connectivity index is 2.76. The Morgan fingerprint density at radius 2 is 1.95 bits per heavy atom. The molecule has 1 rings (SSSR count). The van der Waals surface area contributed by atoms with Crippen LogP contribution in [-0.4, -0.2) is 27.1 Å². The zero-order valence-corrected chi connectivity index (χ0v) is 13.6. The van der Waals surface area contributed by atoms with E-state index >= 15 is 0 Å². The molecule has 0 aliphatic carbocycles. The highest BCUT2D eigenvalue weighted by molar-refractivity contribution is 7.91. The average Bonchev–Trinajstić information content (AvgIpc) is 2.40. The molecule has 7 heteroatoms. The number of halogens is 2. The van der Waals surface area contributed by atoms with E-state index in [9.17, 15) is 13.2 Å². The van der Waals surface area contributed by atoms with Gasteiger partial charge in [-0.15, -0.1) is 0 Å². The van der Waals surface area contributed by atoms with Crippen LogP contribution in [0, 0.1) is 0 Å². The number of carbonyl (C=O) groups is 1. The number of hydrogen-bond acceptors (Lipinski definition) is 3. The van der Waals surface area contributed by atoms with Crippen LogP contribution in [0.15, 0.2) is 18.2 Å². The number of rotatable bonds is 6. The summed E-state index contributed by atoms with van der Waals surface area (Å²) in [5.41, 5.74) is 0.597. The summed E-state index contributed by atoms with van der Waals surface area (Å²) in [5.74, 6) is -0.204. The molecular weight excluding hydrogens is 321 g/mol. The third-order valence-electron chi connectivity index (χ3n) is 3.06. The van der Waals surface area contributed by atoms with E-state index in [4.69, 9.17) is 23.2 Å². The lowest BCUT2D eigenvalue weighted by atomic mass is 10.2. The maximum Gasteiger partial charge on any atom is 0.219 e. The van der Waals surface area contributed by atoms with Crippen LogP contribution in [0.25, 0.3) is 0 Å². The van der Waals surface area contributed by atoms with Crippen LogP contribution < -0.4 is 5.32 Å². The second kappa shape index (κ2) is 7.29. The van der Waals surface area contributed by atoms with Gasteiger partial charge in [0.2, 0.25) is 5.91 Å². The number of hydrogen-bond donors (Lipinski definition) is 1. The van der Waals surface area contributed by atoms with E-state index in [0.29, 0.717) is 22.0 Å². The van der Waals surface area contributed by atoms with Crippen molar-refractivity contribution in [1.29, 1.82) is 0 Å². The molecule has 0 aliphatic rings. The van der Waals surface area contributed by atoms with Crippen LogP contribution >= 0.6 is 23.2 Å². The van der Waals surface area contributed by atoms with Crippen molar-refractivity contribution in [2.24, 2.45) is 0 Å². The normalized spacial score (nSPS) is 13.0. The fraction of sp³-hybridized carbons (Fsp3) is 0.462. The predicted octanol–water partition coefficient (Wildman–Crippen LogP) is 3.00. The first-order chi connectivity index (χ1) is 9.27. The zero-order chi connectivity index (χ0) is 15.3. The van der Waals surface area contributed by atoms with Crippen molar-refractivity contribution in [3.8, 4) is 0 Å². The number of benzene rings is 1. The predicted molar refractivity (Wildman–Crippen MR) is 82.0 cm³/mol. The molecule has 4 nitrogen and oxygen atoms in total. The van der Waals surface area contributed by atoms with Crippen molar-refractivity contribution in [3.05, 3.63) is 33.8 Å². The molecule has 0 aromatic heterocycles. The van der Waals surface area contributed by atoms with E-state index in [1.54, 1.807) is 25.1 Å². The van der Waals surface area contributed by atoms with Crippen molar-refractivity contribution < 1.29 is 13.2 Å². The van der Waals surface area contributed by atoms with Gasteiger partial charge in [-0.3, -0.25) is 4.79 Å². The average molecular weight is 338 g/mol. The summed E-state index contributed by atoms with van der Waals surface area (Å²) in [6.45, 7) is 1.61. The maximum atomic E-state index is 12.2. The molecule has 0 aliphatic heterocycles. The highest BCUT2D eigenvalue weighted by Gasteiger charge is 2.23. The SMILES string of the molecule is CNC(=O)CCCS(=O)(=O)[C@@H](C)c1ccc(Cl)c(Cl)c1. The van der Waals surface area contributed by atoms with Crippen LogP contribution in [0.4, 0.5) is 0 Å². The minimum Gasteiger partial charge on any atom is -0.359 e. The van der Waals surface area contributed by atoms with E-state index in [1.165, 1.54) is 7.05 Å². The first-order valence-corrected chi connectivity index (χ1v) is 8.62. The monoisotopic (exact) mass is 337 g/mol. The number of sulfone groups is 1. The summed E-state index contributed by atoms with van der Waals surface area (Å²) in [5, 5.41) is 2.50. The molecular formula is C13H17Cl2NO3S. The highest BCUT2D eigenvalue weighted by atomic mass is 35.5. The van der Waals surface area contributed by atoms with Gasteiger partial charge in [-0.05, 0) is 31.0 Å². The zero-order valence-electron chi connectivity index (χ0n) is 11.3. The van der Waals surface area contributed by atoms with Gasteiger partial charge in [-0.1, -0.05) is 29.3 Å². The summed E-state index contributed by atoms with van der Waals surface area (Å²) < 4.78 is 24.4. The van der Waals surface area contributed by atoms with Crippen molar-refractivity contribution in [2.75, 3.05) is 12.8 Å². The smallest absolute Gasteiger partial charge is 0.219 e. The molecule has 1 aromatic carbocycles. The van der Waals surface area contributed by atoms with E-state index in [-0.39, 0.29) is 18.1 Å². The number of nitrogens with one attached hydrogen (secondary N) is 1. The fourth-order valence-corrected chi connectivity index (χ4v) is 3.48. The van der Waals surface area contributed by atoms with Crippen molar-refractivity contribution in [1.82, 2.24) is 5.32 Å². The summed E-state index contributed by atoms with van der Waals surface area (Å²) in [6, 6.07) is 4.79. The molecule has 0 radical (unpaired) electrons. The summed E-state index contributed by atoms with van der Waals surface area (Å²) in [7, 11) is -1.81. The van der Waals surface area contributed by atoms with Gasteiger partial charge in [0.25, 0.3) is 0 Å². The van der Waals surface area contributed by atoms with Crippen molar-refractivity contribution >= 4 is 38.9 Å². The quantitative estimate of drug-likeness (QED) is 0.867. The second-order valence-electron chi connectivity index (χ2n) is 4.46. The molecule has 0 fully saturated rings. The molecule has 0 spiro atoms. The molecule has 0 saturated carbocycles. The summed E-state index contributed by atoms with van der Waals surface area (Å²) in [6.07, 6.45) is 0.498. The molecule has 0 saturated heterocycles. The molecule has 1 amide bonds. The Hall–Kier alpha value is -0.780. The van der Waals surface area contributed by atoms with Gasteiger partial charge in [0.1, 0.15) is 0 Å². The lowest BCUT2D eigenvalue weighted by Crippen LogP contribution is -2.20. The third kappa shape index (κ3) is 4.65. The molecule has 20 heavy (non-hydrogen) atoms. The first kappa shape index (κ1) is 17.3.